The van der Waals surface area contributed by atoms with Gasteiger partial charge in [0.15, 0.2) is 17.7 Å². The number of rotatable bonds is 12. The molecule has 0 saturated heterocycles. The second-order valence-corrected chi connectivity index (χ2v) is 13.1. The number of amides is 2. The van der Waals surface area contributed by atoms with Crippen molar-refractivity contribution in [1.29, 1.82) is 0 Å². The highest BCUT2D eigenvalue weighted by Crippen LogP contribution is 2.42. The zero-order chi connectivity index (χ0) is 36.0. The number of methoxy groups -OCH3 is 3. The summed E-state index contributed by atoms with van der Waals surface area (Å²) in [6.07, 6.45) is 1.80. The predicted molar refractivity (Wildman–Crippen MR) is 182 cm³/mol. The maximum Gasteiger partial charge on any atom is 0.416 e. The highest BCUT2D eigenvalue weighted by atomic mass is 32.2. The first-order chi connectivity index (χ1) is 24.0. The van der Waals surface area contributed by atoms with Crippen LogP contribution in [-0.4, -0.2) is 90.1 Å². The van der Waals surface area contributed by atoms with E-state index < -0.39 is 34.4 Å². The number of hydrogen-bond acceptors (Lipinski definition) is 11. The Kier molecular flexibility index (Phi) is 11.2. The summed E-state index contributed by atoms with van der Waals surface area (Å²) in [7, 11) is 1.89. The lowest BCUT2D eigenvalue weighted by molar-refractivity contribution is -0.139. The lowest BCUT2D eigenvalue weighted by atomic mass is 9.93. The molecule has 2 aromatic carbocycles. The molecule has 3 aromatic rings. The number of nitrogens with zero attached hydrogens (tertiary/aromatic N) is 3. The number of hydrogen-bond donors (Lipinski definition) is 1. The Hall–Kier alpha value is -5.25. The first-order valence-corrected chi connectivity index (χ1v) is 17.0. The summed E-state index contributed by atoms with van der Waals surface area (Å²) in [5.41, 5.74) is 2.95. The maximum absolute atomic E-state index is 14.3. The van der Waals surface area contributed by atoms with Crippen LogP contribution >= 0.6 is 0 Å². The molecular weight excluding hydrogens is 668 g/mol. The van der Waals surface area contributed by atoms with Gasteiger partial charge in [-0.3, -0.25) is 14.6 Å². The summed E-state index contributed by atoms with van der Waals surface area (Å²) in [5, 5.41) is 0. The van der Waals surface area contributed by atoms with Gasteiger partial charge >= 0.3 is 12.1 Å². The van der Waals surface area contributed by atoms with Crippen LogP contribution in [0.2, 0.25) is 0 Å². The van der Waals surface area contributed by atoms with Gasteiger partial charge in [0.05, 0.1) is 54.2 Å². The fourth-order valence-corrected chi connectivity index (χ4v) is 6.58. The lowest BCUT2D eigenvalue weighted by Crippen LogP contribution is -2.55. The minimum atomic E-state index is -3.63. The van der Waals surface area contributed by atoms with E-state index in [0.29, 0.717) is 11.4 Å². The average molecular weight is 707 g/mol. The molecule has 14 nitrogen and oxygen atoms in total. The van der Waals surface area contributed by atoms with Gasteiger partial charge in [-0.2, -0.15) is 0 Å². The Labute approximate surface area is 290 Å². The topological polar surface area (TPSA) is 163 Å². The van der Waals surface area contributed by atoms with Crippen molar-refractivity contribution in [2.75, 3.05) is 46.4 Å². The number of carbonyl (C=O) groups is 3. The third kappa shape index (κ3) is 7.49. The molecule has 5 rings (SSSR count). The van der Waals surface area contributed by atoms with Gasteiger partial charge in [0.1, 0.15) is 13.2 Å². The SMILES string of the molecule is C=CCOC(=O)N1c2cc(OCc3cccc(CC(=O)OC)n3)c(OC)cc2C(=O)N2CC=C(c3ccc(S(=O)(=O)NC)cc3)C[C@H]2C1OC. The van der Waals surface area contributed by atoms with Crippen LogP contribution in [0.1, 0.15) is 33.7 Å². The van der Waals surface area contributed by atoms with Crippen molar-refractivity contribution in [2.45, 2.75) is 36.6 Å². The molecule has 2 atom stereocenters. The number of sulfonamides is 1. The van der Waals surface area contributed by atoms with E-state index in [9.17, 15) is 22.8 Å². The third-order valence-electron chi connectivity index (χ3n) is 8.34. The second kappa shape index (κ2) is 15.5. The van der Waals surface area contributed by atoms with Crippen molar-refractivity contribution in [2.24, 2.45) is 0 Å². The molecule has 50 heavy (non-hydrogen) atoms. The maximum atomic E-state index is 14.3. The number of benzene rings is 2. The Morgan fingerprint density at radius 3 is 2.46 bits per heavy atom. The Morgan fingerprint density at radius 2 is 1.80 bits per heavy atom. The van der Waals surface area contributed by atoms with E-state index in [1.165, 1.54) is 63.6 Å². The van der Waals surface area contributed by atoms with E-state index in [0.717, 1.165) is 11.1 Å². The van der Waals surface area contributed by atoms with Gasteiger partial charge < -0.3 is 28.6 Å². The van der Waals surface area contributed by atoms with Gasteiger partial charge in [-0.05, 0) is 54.9 Å². The minimum Gasteiger partial charge on any atom is -0.493 e. The van der Waals surface area contributed by atoms with Crippen molar-refractivity contribution in [1.82, 2.24) is 14.6 Å². The van der Waals surface area contributed by atoms with Crippen LogP contribution in [0.5, 0.6) is 11.5 Å². The van der Waals surface area contributed by atoms with Crippen molar-refractivity contribution < 1.29 is 46.5 Å². The second-order valence-electron chi connectivity index (χ2n) is 11.2. The smallest absolute Gasteiger partial charge is 0.416 e. The fraction of sp³-hybridized carbons (Fsp3) is 0.314. The number of fused-ring (bicyclic) bond motifs is 2. The number of carbonyl (C=O) groups excluding carboxylic acids is 3. The quantitative estimate of drug-likeness (QED) is 0.216. The van der Waals surface area contributed by atoms with Crippen LogP contribution in [0.4, 0.5) is 10.5 Å². The molecule has 0 spiro atoms. The zero-order valence-corrected chi connectivity index (χ0v) is 28.9. The van der Waals surface area contributed by atoms with Crippen molar-refractivity contribution in [3.8, 4) is 11.5 Å². The summed E-state index contributed by atoms with van der Waals surface area (Å²) >= 11 is 0. The van der Waals surface area contributed by atoms with Crippen LogP contribution in [0.3, 0.4) is 0 Å². The average Bonchev–Trinajstić information content (AvgIpc) is 3.23. The highest BCUT2D eigenvalue weighted by molar-refractivity contribution is 7.89. The van der Waals surface area contributed by atoms with Crippen molar-refractivity contribution >= 4 is 39.3 Å². The number of aromatic nitrogens is 1. The fourth-order valence-electron chi connectivity index (χ4n) is 5.85. The van der Waals surface area contributed by atoms with Crippen LogP contribution in [-0.2, 0) is 42.1 Å². The van der Waals surface area contributed by atoms with Crippen LogP contribution < -0.4 is 19.1 Å². The van der Waals surface area contributed by atoms with E-state index in [2.05, 4.69) is 16.3 Å². The highest BCUT2D eigenvalue weighted by Gasteiger charge is 2.45. The number of anilines is 1. The molecule has 0 fully saturated rings. The number of ether oxygens (including phenoxy) is 5. The molecule has 3 heterocycles. The summed E-state index contributed by atoms with van der Waals surface area (Å²) in [6, 6.07) is 14.0. The molecule has 2 aliphatic rings. The van der Waals surface area contributed by atoms with Crippen molar-refractivity contribution in [3.05, 3.63) is 95.8 Å². The molecular formula is C35H38N4O10S. The first-order valence-electron chi connectivity index (χ1n) is 15.5. The number of esters is 1. The summed E-state index contributed by atoms with van der Waals surface area (Å²) in [6.45, 7) is 3.70. The third-order valence-corrected chi connectivity index (χ3v) is 9.77. The Balaban J connectivity index is 1.52. The summed E-state index contributed by atoms with van der Waals surface area (Å²) in [4.78, 5) is 47.3. The van der Waals surface area contributed by atoms with Gasteiger partial charge in [0.2, 0.25) is 10.0 Å². The van der Waals surface area contributed by atoms with E-state index in [-0.39, 0.29) is 66.2 Å². The minimum absolute atomic E-state index is 0.00734. The molecule has 2 aliphatic heterocycles. The molecule has 0 saturated carbocycles. The number of nitrogens with one attached hydrogen (secondary N) is 1. The molecule has 0 aliphatic carbocycles. The molecule has 1 unspecified atom stereocenters. The number of pyridine rings is 1. The molecule has 1 N–H and O–H groups in total. The largest absolute Gasteiger partial charge is 0.493 e. The predicted octanol–water partition coefficient (Wildman–Crippen LogP) is 3.71. The van der Waals surface area contributed by atoms with E-state index in [4.69, 9.17) is 23.7 Å². The molecule has 0 bridgehead atoms. The van der Waals surface area contributed by atoms with E-state index in [1.807, 2.05) is 6.08 Å². The van der Waals surface area contributed by atoms with Gasteiger partial charge in [0.25, 0.3) is 5.91 Å². The Morgan fingerprint density at radius 1 is 1.06 bits per heavy atom. The molecule has 0 radical (unpaired) electrons. The normalized spacial score (nSPS) is 17.1. The van der Waals surface area contributed by atoms with E-state index in [1.54, 1.807) is 35.2 Å². The van der Waals surface area contributed by atoms with Crippen LogP contribution in [0.25, 0.3) is 5.57 Å². The van der Waals surface area contributed by atoms with Crippen LogP contribution in [0.15, 0.2) is 78.2 Å². The van der Waals surface area contributed by atoms with Crippen LogP contribution in [0, 0.1) is 0 Å². The summed E-state index contributed by atoms with van der Waals surface area (Å²) < 4.78 is 54.8. The van der Waals surface area contributed by atoms with Gasteiger partial charge in [-0.15, -0.1) is 0 Å². The lowest BCUT2D eigenvalue weighted by Gasteiger charge is -2.40. The van der Waals surface area contributed by atoms with Gasteiger partial charge in [-0.25, -0.2) is 22.8 Å². The molecule has 2 amide bonds. The summed E-state index contributed by atoms with van der Waals surface area (Å²) in [5.74, 6) is -0.357. The monoisotopic (exact) mass is 706 g/mol. The molecule has 264 valence electrons. The molecule has 1 aromatic heterocycles. The Bertz CT molecular complexity index is 1910. The van der Waals surface area contributed by atoms with Crippen molar-refractivity contribution in [3.63, 3.8) is 0 Å². The van der Waals surface area contributed by atoms with E-state index >= 15 is 0 Å². The van der Waals surface area contributed by atoms with Gasteiger partial charge in [0, 0.05) is 19.7 Å². The first kappa shape index (κ1) is 36.0. The standard InChI is InChI=1S/C35H38N4O10S/c1-6-16-48-35(42)39-28-20-31(49-21-25-9-7-8-24(37-25)18-32(40)46-4)30(45-3)19-27(28)33(41)38-15-14-23(17-29(38)34(39)47-5)22-10-12-26(13-11-22)50(43,44)36-2/h6-14,19-20,29,34,36H,1,15-18,21H2,2-5H3/t29-,34?/m0/s1. The zero-order valence-electron chi connectivity index (χ0n) is 28.1. The van der Waals surface area contributed by atoms with Gasteiger partial charge in [-0.1, -0.05) is 36.9 Å². The molecule has 15 heteroatoms.